The Bertz CT molecular complexity index is 876. The van der Waals surface area contributed by atoms with E-state index in [-0.39, 0.29) is 6.61 Å². The Morgan fingerprint density at radius 3 is 2.91 bits per heavy atom. The number of nitrogens with zero attached hydrogens (tertiary/aromatic N) is 1. The van der Waals surface area contributed by atoms with Crippen LogP contribution in [0.25, 0.3) is 11.0 Å². The van der Waals surface area contributed by atoms with Crippen molar-refractivity contribution in [1.29, 1.82) is 0 Å². The fourth-order valence-corrected chi connectivity index (χ4v) is 2.23. The standard InChI is InChI=1S/C16H12ClN3O3/c17-11-2-1-3-12(7-11)20-15(21)8-23-16(22)10-4-5-13-14(6-10)19-9-18-13/h1-7,9H,8H2,(H,18,19)(H,20,21). The summed E-state index contributed by atoms with van der Waals surface area (Å²) in [5, 5.41) is 3.11. The minimum absolute atomic E-state index is 0.345. The predicted molar refractivity (Wildman–Crippen MR) is 86.5 cm³/mol. The van der Waals surface area contributed by atoms with Gasteiger partial charge in [-0.15, -0.1) is 0 Å². The average molecular weight is 330 g/mol. The number of rotatable bonds is 4. The summed E-state index contributed by atoms with van der Waals surface area (Å²) in [4.78, 5) is 30.7. The lowest BCUT2D eigenvalue weighted by Gasteiger charge is -2.07. The zero-order valence-corrected chi connectivity index (χ0v) is 12.6. The lowest BCUT2D eigenvalue weighted by Crippen LogP contribution is -2.20. The minimum atomic E-state index is -0.581. The van der Waals surface area contributed by atoms with E-state index < -0.39 is 11.9 Å². The highest BCUT2D eigenvalue weighted by Crippen LogP contribution is 2.15. The maximum absolute atomic E-state index is 12.0. The molecule has 1 aromatic heterocycles. The first-order valence-electron chi connectivity index (χ1n) is 6.77. The smallest absolute Gasteiger partial charge is 0.338 e. The Labute approximate surface area is 136 Å². The molecule has 1 heterocycles. The second kappa shape index (κ2) is 6.50. The first kappa shape index (κ1) is 15.1. The average Bonchev–Trinajstić information content (AvgIpc) is 3.00. The monoisotopic (exact) mass is 329 g/mol. The Balaban J connectivity index is 1.58. The molecular weight excluding hydrogens is 318 g/mol. The maximum atomic E-state index is 12.0. The molecule has 2 N–H and O–H groups in total. The first-order valence-corrected chi connectivity index (χ1v) is 7.15. The number of hydrogen-bond acceptors (Lipinski definition) is 4. The Morgan fingerprint density at radius 1 is 1.22 bits per heavy atom. The molecular formula is C16H12ClN3O3. The van der Waals surface area contributed by atoms with Crippen molar-refractivity contribution in [2.24, 2.45) is 0 Å². The molecule has 0 unspecified atom stereocenters. The molecule has 0 fully saturated rings. The summed E-state index contributed by atoms with van der Waals surface area (Å²) in [5.41, 5.74) is 2.36. The first-order chi connectivity index (χ1) is 11.1. The second-order valence-electron chi connectivity index (χ2n) is 4.77. The Morgan fingerprint density at radius 2 is 2.09 bits per heavy atom. The highest BCUT2D eigenvalue weighted by atomic mass is 35.5. The highest BCUT2D eigenvalue weighted by molar-refractivity contribution is 6.30. The van der Waals surface area contributed by atoms with Crippen molar-refractivity contribution in [3.63, 3.8) is 0 Å². The minimum Gasteiger partial charge on any atom is -0.452 e. The largest absolute Gasteiger partial charge is 0.452 e. The number of halogens is 1. The summed E-state index contributed by atoms with van der Waals surface area (Å²) in [6.45, 7) is -0.383. The van der Waals surface area contributed by atoms with Crippen molar-refractivity contribution in [3.8, 4) is 0 Å². The van der Waals surface area contributed by atoms with E-state index in [0.29, 0.717) is 16.3 Å². The van der Waals surface area contributed by atoms with Crippen molar-refractivity contribution in [2.45, 2.75) is 0 Å². The molecule has 0 radical (unpaired) electrons. The van der Waals surface area contributed by atoms with Gasteiger partial charge in [0, 0.05) is 10.7 Å². The van der Waals surface area contributed by atoms with E-state index >= 15 is 0 Å². The molecule has 0 spiro atoms. The number of aromatic amines is 1. The van der Waals surface area contributed by atoms with Crippen LogP contribution in [0.2, 0.25) is 5.02 Å². The van der Waals surface area contributed by atoms with Crippen molar-refractivity contribution in [2.75, 3.05) is 11.9 Å². The van der Waals surface area contributed by atoms with Gasteiger partial charge in [0.1, 0.15) is 0 Å². The van der Waals surface area contributed by atoms with Gasteiger partial charge in [0.15, 0.2) is 6.61 Å². The molecule has 3 aromatic rings. The van der Waals surface area contributed by atoms with Gasteiger partial charge in [0.25, 0.3) is 5.91 Å². The molecule has 0 aliphatic rings. The zero-order chi connectivity index (χ0) is 16.2. The number of nitrogens with one attached hydrogen (secondary N) is 2. The number of amides is 1. The number of anilines is 1. The predicted octanol–water partition coefficient (Wildman–Crippen LogP) is 3.01. The van der Waals surface area contributed by atoms with Gasteiger partial charge in [-0.2, -0.15) is 0 Å². The van der Waals surface area contributed by atoms with Crippen LogP contribution in [0.1, 0.15) is 10.4 Å². The number of carbonyl (C=O) groups excluding carboxylic acids is 2. The number of carbonyl (C=O) groups is 2. The van der Waals surface area contributed by atoms with Gasteiger partial charge in [0.2, 0.25) is 0 Å². The van der Waals surface area contributed by atoms with Gasteiger partial charge in [0.05, 0.1) is 22.9 Å². The van der Waals surface area contributed by atoms with E-state index in [1.807, 2.05) is 0 Å². The number of imidazole rings is 1. The highest BCUT2D eigenvalue weighted by Gasteiger charge is 2.11. The van der Waals surface area contributed by atoms with Gasteiger partial charge in [-0.3, -0.25) is 4.79 Å². The Kier molecular flexibility index (Phi) is 4.25. The fourth-order valence-electron chi connectivity index (χ4n) is 2.04. The third-order valence-corrected chi connectivity index (χ3v) is 3.33. The lowest BCUT2D eigenvalue weighted by atomic mass is 10.2. The molecule has 0 bridgehead atoms. The second-order valence-corrected chi connectivity index (χ2v) is 5.21. The number of fused-ring (bicyclic) bond motifs is 1. The summed E-state index contributed by atoms with van der Waals surface area (Å²) in [6.07, 6.45) is 1.54. The van der Waals surface area contributed by atoms with Crippen LogP contribution in [0, 0.1) is 0 Å². The van der Waals surface area contributed by atoms with Gasteiger partial charge < -0.3 is 15.0 Å². The van der Waals surface area contributed by atoms with Crippen LogP contribution < -0.4 is 5.32 Å². The zero-order valence-electron chi connectivity index (χ0n) is 11.9. The maximum Gasteiger partial charge on any atom is 0.338 e. The molecule has 0 aliphatic heterocycles. The van der Waals surface area contributed by atoms with Crippen molar-refractivity contribution in [3.05, 3.63) is 59.4 Å². The molecule has 0 saturated carbocycles. The SMILES string of the molecule is O=C(COC(=O)c1ccc2nc[nH]c2c1)Nc1cccc(Cl)c1. The van der Waals surface area contributed by atoms with Crippen LogP contribution in [0.4, 0.5) is 5.69 Å². The van der Waals surface area contributed by atoms with Gasteiger partial charge in [-0.1, -0.05) is 17.7 Å². The number of benzene rings is 2. The molecule has 2 aromatic carbocycles. The number of H-pyrrole nitrogens is 1. The summed E-state index contributed by atoms with van der Waals surface area (Å²) in [6, 6.07) is 11.6. The van der Waals surface area contributed by atoms with Crippen LogP contribution in [0.3, 0.4) is 0 Å². The summed E-state index contributed by atoms with van der Waals surface area (Å²) in [7, 11) is 0. The molecule has 6 nitrogen and oxygen atoms in total. The number of esters is 1. The molecule has 7 heteroatoms. The number of ether oxygens (including phenoxy) is 1. The van der Waals surface area contributed by atoms with E-state index in [4.69, 9.17) is 16.3 Å². The van der Waals surface area contributed by atoms with Crippen molar-refractivity contribution >= 4 is 40.2 Å². The molecule has 0 saturated heterocycles. The van der Waals surface area contributed by atoms with Crippen LogP contribution in [-0.4, -0.2) is 28.5 Å². The third-order valence-electron chi connectivity index (χ3n) is 3.10. The van der Waals surface area contributed by atoms with Gasteiger partial charge in [-0.05, 0) is 36.4 Å². The normalized spacial score (nSPS) is 10.5. The Hall–Kier alpha value is -2.86. The molecule has 0 atom stereocenters. The van der Waals surface area contributed by atoms with E-state index in [1.165, 1.54) is 6.33 Å². The summed E-state index contributed by atoms with van der Waals surface area (Å²) in [5.74, 6) is -1.02. The van der Waals surface area contributed by atoms with Crippen molar-refractivity contribution in [1.82, 2.24) is 9.97 Å². The molecule has 23 heavy (non-hydrogen) atoms. The van der Waals surface area contributed by atoms with E-state index in [0.717, 1.165) is 11.0 Å². The fraction of sp³-hybridized carbons (Fsp3) is 0.0625. The van der Waals surface area contributed by atoms with Gasteiger partial charge >= 0.3 is 5.97 Å². The van der Waals surface area contributed by atoms with E-state index in [9.17, 15) is 9.59 Å². The van der Waals surface area contributed by atoms with Gasteiger partial charge in [-0.25, -0.2) is 9.78 Å². The molecule has 0 aliphatic carbocycles. The van der Waals surface area contributed by atoms with Crippen LogP contribution in [0.5, 0.6) is 0 Å². The summed E-state index contributed by atoms with van der Waals surface area (Å²) >= 11 is 5.83. The van der Waals surface area contributed by atoms with Crippen molar-refractivity contribution < 1.29 is 14.3 Å². The van der Waals surface area contributed by atoms with E-state index in [2.05, 4.69) is 15.3 Å². The quantitative estimate of drug-likeness (QED) is 0.721. The molecule has 116 valence electrons. The topological polar surface area (TPSA) is 84.1 Å². The van der Waals surface area contributed by atoms with Crippen LogP contribution in [-0.2, 0) is 9.53 Å². The third kappa shape index (κ3) is 3.67. The molecule has 1 amide bonds. The number of aromatic nitrogens is 2. The van der Waals surface area contributed by atoms with E-state index in [1.54, 1.807) is 42.5 Å². The summed E-state index contributed by atoms with van der Waals surface area (Å²) < 4.78 is 5.00. The van der Waals surface area contributed by atoms with Crippen LogP contribution >= 0.6 is 11.6 Å². The lowest BCUT2D eigenvalue weighted by molar-refractivity contribution is -0.119. The molecule has 3 rings (SSSR count). The van der Waals surface area contributed by atoms with Crippen LogP contribution in [0.15, 0.2) is 48.8 Å². The number of hydrogen-bond donors (Lipinski definition) is 2.